The van der Waals surface area contributed by atoms with Crippen molar-refractivity contribution in [2.24, 2.45) is 5.92 Å². The van der Waals surface area contributed by atoms with Crippen LogP contribution in [0.15, 0.2) is 24.3 Å². The van der Waals surface area contributed by atoms with E-state index in [1.807, 2.05) is 27.7 Å². The van der Waals surface area contributed by atoms with Gasteiger partial charge in [-0.25, -0.2) is 4.79 Å². The number of benzene rings is 1. The summed E-state index contributed by atoms with van der Waals surface area (Å²) >= 11 is 0. The molecule has 2 N–H and O–H groups in total. The molecule has 0 aromatic heterocycles. The van der Waals surface area contributed by atoms with Gasteiger partial charge in [-0.3, -0.25) is 9.59 Å². The molecule has 0 saturated carbocycles. The lowest BCUT2D eigenvalue weighted by atomic mass is 10.0. The van der Waals surface area contributed by atoms with Gasteiger partial charge in [-0.1, -0.05) is 13.8 Å². The van der Waals surface area contributed by atoms with Crippen molar-refractivity contribution < 1.29 is 19.1 Å². The molecule has 7 heteroatoms. The zero-order chi connectivity index (χ0) is 19.7. The molecule has 0 aliphatic heterocycles. The Kier molecular flexibility index (Phi) is 8.61. The first kappa shape index (κ1) is 21.5. The van der Waals surface area contributed by atoms with Crippen molar-refractivity contribution in [2.75, 3.05) is 25.0 Å². The van der Waals surface area contributed by atoms with Crippen LogP contribution in [0, 0.1) is 5.92 Å². The molecule has 0 bridgehead atoms. The van der Waals surface area contributed by atoms with Crippen LogP contribution in [0.25, 0.3) is 0 Å². The summed E-state index contributed by atoms with van der Waals surface area (Å²) in [6, 6.07) is 6.00. The van der Waals surface area contributed by atoms with E-state index in [1.165, 1.54) is 0 Å². The Morgan fingerprint density at radius 2 is 1.62 bits per heavy atom. The molecular formula is C19H29N3O4. The molecule has 1 atom stereocenters. The smallest absolute Gasteiger partial charge is 0.407 e. The number of carbonyl (C=O) groups is 3. The van der Waals surface area contributed by atoms with Gasteiger partial charge in [-0.15, -0.1) is 0 Å². The fourth-order valence-corrected chi connectivity index (χ4v) is 2.44. The molecule has 1 aromatic carbocycles. The molecule has 7 nitrogen and oxygen atoms in total. The van der Waals surface area contributed by atoms with Gasteiger partial charge < -0.3 is 20.3 Å². The Labute approximate surface area is 155 Å². The van der Waals surface area contributed by atoms with E-state index >= 15 is 0 Å². The van der Waals surface area contributed by atoms with E-state index in [0.29, 0.717) is 24.3 Å². The lowest BCUT2D eigenvalue weighted by Gasteiger charge is -2.21. The Morgan fingerprint density at radius 3 is 2.08 bits per heavy atom. The molecule has 0 aliphatic carbocycles. The first-order valence-corrected chi connectivity index (χ1v) is 8.97. The van der Waals surface area contributed by atoms with Crippen LogP contribution in [0.1, 0.15) is 45.0 Å². The van der Waals surface area contributed by atoms with Crippen molar-refractivity contribution in [3.05, 3.63) is 29.8 Å². The molecule has 1 rings (SSSR count). The summed E-state index contributed by atoms with van der Waals surface area (Å²) < 4.78 is 4.84. The molecule has 1 unspecified atom stereocenters. The van der Waals surface area contributed by atoms with Crippen molar-refractivity contribution >= 4 is 23.6 Å². The number of anilines is 1. The van der Waals surface area contributed by atoms with Gasteiger partial charge in [0.2, 0.25) is 5.91 Å². The second-order valence-corrected chi connectivity index (χ2v) is 6.13. The number of alkyl carbamates (subject to hydrolysis) is 1. The van der Waals surface area contributed by atoms with Crippen molar-refractivity contribution in [1.29, 1.82) is 0 Å². The summed E-state index contributed by atoms with van der Waals surface area (Å²) in [6.07, 6.45) is -0.624. The second-order valence-electron chi connectivity index (χ2n) is 6.13. The topological polar surface area (TPSA) is 87.7 Å². The van der Waals surface area contributed by atoms with Crippen LogP contribution in [-0.2, 0) is 9.53 Å². The van der Waals surface area contributed by atoms with Gasteiger partial charge in [0.05, 0.1) is 6.61 Å². The number of amides is 3. The molecule has 0 radical (unpaired) electrons. The number of hydrogen-bond donors (Lipinski definition) is 2. The van der Waals surface area contributed by atoms with Gasteiger partial charge in [0.25, 0.3) is 5.91 Å². The molecule has 26 heavy (non-hydrogen) atoms. The maximum absolute atomic E-state index is 12.5. The maximum Gasteiger partial charge on any atom is 0.407 e. The molecule has 0 spiro atoms. The van der Waals surface area contributed by atoms with Crippen molar-refractivity contribution in [2.45, 2.75) is 40.7 Å². The SMILES string of the molecule is CCOC(=O)NC(C(=O)Nc1ccc(C(=O)N(CC)CC)cc1)C(C)C. The highest BCUT2D eigenvalue weighted by Gasteiger charge is 2.25. The van der Waals surface area contributed by atoms with E-state index in [-0.39, 0.29) is 24.3 Å². The van der Waals surface area contributed by atoms with Gasteiger partial charge in [0, 0.05) is 24.3 Å². The zero-order valence-electron chi connectivity index (χ0n) is 16.2. The maximum atomic E-state index is 12.5. The zero-order valence-corrected chi connectivity index (χ0v) is 16.2. The Morgan fingerprint density at radius 1 is 1.04 bits per heavy atom. The molecule has 0 heterocycles. The van der Waals surface area contributed by atoms with Gasteiger partial charge in [-0.05, 0) is 51.0 Å². The highest BCUT2D eigenvalue weighted by atomic mass is 16.5. The average molecular weight is 363 g/mol. The van der Waals surface area contributed by atoms with Crippen molar-refractivity contribution in [3.8, 4) is 0 Å². The summed E-state index contributed by atoms with van der Waals surface area (Å²) in [5.41, 5.74) is 1.12. The van der Waals surface area contributed by atoms with Crippen LogP contribution in [0.2, 0.25) is 0 Å². The van der Waals surface area contributed by atoms with Crippen molar-refractivity contribution in [1.82, 2.24) is 10.2 Å². The minimum Gasteiger partial charge on any atom is -0.450 e. The Hall–Kier alpha value is -2.57. The fraction of sp³-hybridized carbons (Fsp3) is 0.526. The van der Waals surface area contributed by atoms with Gasteiger partial charge >= 0.3 is 6.09 Å². The lowest BCUT2D eigenvalue weighted by molar-refractivity contribution is -0.119. The highest BCUT2D eigenvalue weighted by Crippen LogP contribution is 2.13. The van der Waals surface area contributed by atoms with Crippen LogP contribution < -0.4 is 10.6 Å². The van der Waals surface area contributed by atoms with Crippen LogP contribution in [0.3, 0.4) is 0 Å². The van der Waals surface area contributed by atoms with E-state index < -0.39 is 12.1 Å². The quantitative estimate of drug-likeness (QED) is 0.743. The van der Waals surface area contributed by atoms with Crippen LogP contribution >= 0.6 is 0 Å². The molecule has 1 aromatic rings. The Balaban J connectivity index is 2.79. The van der Waals surface area contributed by atoms with E-state index in [9.17, 15) is 14.4 Å². The molecule has 0 aliphatic rings. The summed E-state index contributed by atoms with van der Waals surface area (Å²) in [7, 11) is 0. The molecule has 3 amide bonds. The summed E-state index contributed by atoms with van der Waals surface area (Å²) in [5, 5.41) is 5.32. The van der Waals surface area contributed by atoms with E-state index in [1.54, 1.807) is 36.1 Å². The minimum atomic E-state index is -0.717. The van der Waals surface area contributed by atoms with Crippen molar-refractivity contribution in [3.63, 3.8) is 0 Å². The summed E-state index contributed by atoms with van der Waals surface area (Å²) in [5.74, 6) is -0.490. The Bertz CT molecular complexity index is 610. The first-order chi connectivity index (χ1) is 12.3. The number of nitrogens with one attached hydrogen (secondary N) is 2. The fourth-order valence-electron chi connectivity index (χ4n) is 2.44. The predicted octanol–water partition coefficient (Wildman–Crippen LogP) is 2.88. The summed E-state index contributed by atoms with van der Waals surface area (Å²) in [4.78, 5) is 38.1. The van der Waals surface area contributed by atoms with E-state index in [2.05, 4.69) is 10.6 Å². The molecule has 0 saturated heterocycles. The highest BCUT2D eigenvalue weighted by molar-refractivity contribution is 5.98. The number of ether oxygens (including phenoxy) is 1. The number of rotatable bonds is 8. The molecular weight excluding hydrogens is 334 g/mol. The van der Waals surface area contributed by atoms with Crippen LogP contribution in [0.4, 0.5) is 10.5 Å². The third kappa shape index (κ3) is 6.06. The second kappa shape index (κ2) is 10.4. The van der Waals surface area contributed by atoms with Gasteiger partial charge in [-0.2, -0.15) is 0 Å². The van der Waals surface area contributed by atoms with E-state index in [0.717, 1.165) is 0 Å². The van der Waals surface area contributed by atoms with Crippen LogP contribution in [0.5, 0.6) is 0 Å². The first-order valence-electron chi connectivity index (χ1n) is 8.97. The number of nitrogens with zero attached hydrogens (tertiary/aromatic N) is 1. The number of hydrogen-bond acceptors (Lipinski definition) is 4. The summed E-state index contributed by atoms with van der Waals surface area (Å²) in [6.45, 7) is 10.8. The normalized spacial score (nSPS) is 11.6. The van der Waals surface area contributed by atoms with Gasteiger partial charge in [0.1, 0.15) is 6.04 Å². The largest absolute Gasteiger partial charge is 0.450 e. The third-order valence-electron chi connectivity index (χ3n) is 3.95. The molecule has 144 valence electrons. The lowest BCUT2D eigenvalue weighted by Crippen LogP contribution is -2.47. The van der Waals surface area contributed by atoms with Crippen LogP contribution in [-0.4, -0.2) is 48.5 Å². The van der Waals surface area contributed by atoms with E-state index in [4.69, 9.17) is 4.74 Å². The average Bonchev–Trinajstić information content (AvgIpc) is 2.61. The molecule has 0 fully saturated rings. The third-order valence-corrected chi connectivity index (χ3v) is 3.95. The minimum absolute atomic E-state index is 0.0445. The van der Waals surface area contributed by atoms with Gasteiger partial charge in [0.15, 0.2) is 0 Å². The number of carbonyl (C=O) groups excluding carboxylic acids is 3. The standard InChI is InChI=1S/C19H29N3O4/c1-6-22(7-2)18(24)14-9-11-15(12-10-14)20-17(23)16(13(4)5)21-19(25)26-8-3/h9-13,16H,6-8H2,1-5H3,(H,20,23)(H,21,25). The monoisotopic (exact) mass is 363 g/mol. The predicted molar refractivity (Wildman–Crippen MR) is 101 cm³/mol.